The molecule has 3 N–H and O–H groups in total. The van der Waals surface area contributed by atoms with Crippen molar-refractivity contribution in [2.75, 3.05) is 39.5 Å². The van der Waals surface area contributed by atoms with Gasteiger partial charge in [-0.3, -0.25) is 4.90 Å². The molecule has 1 heterocycles. The fraction of sp³-hybridized carbons (Fsp3) is 1.00. The van der Waals surface area contributed by atoms with Gasteiger partial charge in [-0.2, -0.15) is 0 Å². The topological polar surface area (TPSA) is 82.4 Å². The number of aliphatic hydroxyl groups is 3. The van der Waals surface area contributed by atoms with Crippen LogP contribution in [0.3, 0.4) is 0 Å². The maximum Gasteiger partial charge on any atom is 0.177 e. The maximum atomic E-state index is 10.0. The Morgan fingerprint density at radius 1 is 1.09 bits per heavy atom. The van der Waals surface area contributed by atoms with Crippen molar-refractivity contribution >= 4 is 9.04 Å². The van der Waals surface area contributed by atoms with Crippen molar-refractivity contribution in [1.29, 1.82) is 0 Å². The van der Waals surface area contributed by atoms with Crippen molar-refractivity contribution in [3.05, 3.63) is 0 Å². The van der Waals surface area contributed by atoms with E-state index < -0.39 is 27.4 Å². The van der Waals surface area contributed by atoms with Crippen LogP contribution in [0, 0.1) is 0 Å². The fourth-order valence-electron chi connectivity index (χ4n) is 2.99. The van der Waals surface area contributed by atoms with Gasteiger partial charge in [-0.1, -0.05) is 6.42 Å². The molecule has 0 radical (unpaired) electrons. The number of aliphatic hydroxyl groups excluding tert-OH is 3. The Bertz CT molecular complexity index is 278. The molecule has 138 valence electrons. The van der Waals surface area contributed by atoms with Crippen LogP contribution in [0.15, 0.2) is 0 Å². The molecule has 1 aliphatic rings. The number of rotatable bonds is 12. The van der Waals surface area contributed by atoms with Gasteiger partial charge >= 0.3 is 0 Å². The second-order valence-corrected chi connectivity index (χ2v) is 9.51. The van der Waals surface area contributed by atoms with Crippen molar-refractivity contribution in [3.63, 3.8) is 0 Å². The van der Waals surface area contributed by atoms with Gasteiger partial charge in [-0.25, -0.2) is 0 Å². The Kier molecular flexibility index (Phi) is 11.3. The monoisotopic (exact) mass is 349 g/mol. The standard InChI is InChI=1S/C16H35NO5Si/c1-14(18)10-17(11-15(2)19)12-16(20)13-21-6-5-9-23-8-4-3-7-22-23/h14-16,18-20,23H,3-13H2,1-2H3. The summed E-state index contributed by atoms with van der Waals surface area (Å²) in [5.74, 6) is 0. The number of hydrogen-bond donors (Lipinski definition) is 3. The molecule has 0 aromatic carbocycles. The Morgan fingerprint density at radius 3 is 2.35 bits per heavy atom. The average Bonchev–Trinajstić information content (AvgIpc) is 2.46. The lowest BCUT2D eigenvalue weighted by atomic mass is 10.2. The Hall–Kier alpha value is -0.0231. The molecule has 0 amide bonds. The molecule has 1 fully saturated rings. The summed E-state index contributed by atoms with van der Waals surface area (Å²) in [6.07, 6.45) is 1.97. The van der Waals surface area contributed by atoms with Crippen molar-refractivity contribution in [1.82, 2.24) is 4.90 Å². The molecular formula is C16H35NO5Si. The first-order valence-electron chi connectivity index (χ1n) is 8.93. The molecule has 0 aromatic rings. The van der Waals surface area contributed by atoms with Crippen LogP contribution >= 0.6 is 0 Å². The summed E-state index contributed by atoms with van der Waals surface area (Å²) >= 11 is 0. The van der Waals surface area contributed by atoms with Crippen LogP contribution in [-0.2, 0) is 9.16 Å². The van der Waals surface area contributed by atoms with Gasteiger partial charge in [-0.05, 0) is 38.8 Å². The number of hydrogen-bond acceptors (Lipinski definition) is 6. The lowest BCUT2D eigenvalue weighted by Crippen LogP contribution is -2.42. The first-order chi connectivity index (χ1) is 11.0. The predicted molar refractivity (Wildman–Crippen MR) is 93.2 cm³/mol. The summed E-state index contributed by atoms with van der Waals surface area (Å²) < 4.78 is 11.4. The highest BCUT2D eigenvalue weighted by Crippen LogP contribution is 2.15. The van der Waals surface area contributed by atoms with Gasteiger partial charge in [-0.15, -0.1) is 0 Å². The van der Waals surface area contributed by atoms with E-state index in [0.29, 0.717) is 32.8 Å². The molecule has 0 bridgehead atoms. The van der Waals surface area contributed by atoms with Crippen molar-refractivity contribution < 1.29 is 24.5 Å². The zero-order chi connectivity index (χ0) is 17.1. The van der Waals surface area contributed by atoms with Crippen LogP contribution < -0.4 is 0 Å². The molecular weight excluding hydrogens is 314 g/mol. The molecule has 1 rings (SSSR count). The Labute approximate surface area is 142 Å². The minimum absolute atomic E-state index is 0.295. The third-order valence-corrected chi connectivity index (χ3v) is 6.72. The quantitative estimate of drug-likeness (QED) is 0.348. The SMILES string of the molecule is CC(O)CN(CC(C)O)CC(O)COCCC[SiH]1CCCCO1. The van der Waals surface area contributed by atoms with Crippen LogP contribution in [0.5, 0.6) is 0 Å². The van der Waals surface area contributed by atoms with E-state index in [1.165, 1.54) is 18.9 Å². The van der Waals surface area contributed by atoms with E-state index in [0.717, 1.165) is 19.1 Å². The minimum atomic E-state index is -0.956. The summed E-state index contributed by atoms with van der Waals surface area (Å²) in [6, 6.07) is 2.45. The summed E-state index contributed by atoms with van der Waals surface area (Å²) in [6.45, 7) is 6.58. The summed E-state index contributed by atoms with van der Waals surface area (Å²) in [4.78, 5) is 1.87. The maximum absolute atomic E-state index is 10.0. The Balaban J connectivity index is 2.09. The third kappa shape index (κ3) is 11.2. The zero-order valence-corrected chi connectivity index (χ0v) is 15.8. The smallest absolute Gasteiger partial charge is 0.177 e. The molecule has 1 saturated heterocycles. The van der Waals surface area contributed by atoms with Crippen LogP contribution in [-0.4, -0.2) is 87.0 Å². The number of nitrogens with zero attached hydrogens (tertiary/aromatic N) is 1. The second kappa shape index (κ2) is 12.4. The molecule has 23 heavy (non-hydrogen) atoms. The highest BCUT2D eigenvalue weighted by Gasteiger charge is 2.17. The van der Waals surface area contributed by atoms with Gasteiger partial charge in [0.2, 0.25) is 0 Å². The van der Waals surface area contributed by atoms with E-state index in [1.807, 2.05) is 4.90 Å². The summed E-state index contributed by atoms with van der Waals surface area (Å²) in [5.41, 5.74) is 0. The van der Waals surface area contributed by atoms with Crippen LogP contribution in [0.4, 0.5) is 0 Å². The molecule has 0 spiro atoms. The van der Waals surface area contributed by atoms with Gasteiger partial charge in [0.15, 0.2) is 9.04 Å². The highest BCUT2D eigenvalue weighted by molar-refractivity contribution is 6.51. The van der Waals surface area contributed by atoms with Crippen LogP contribution in [0.25, 0.3) is 0 Å². The normalized spacial score (nSPS) is 23.0. The van der Waals surface area contributed by atoms with Crippen LogP contribution in [0.2, 0.25) is 12.1 Å². The number of ether oxygens (including phenoxy) is 1. The van der Waals surface area contributed by atoms with Crippen LogP contribution in [0.1, 0.15) is 33.1 Å². The fourth-order valence-corrected chi connectivity index (χ4v) is 5.48. The minimum Gasteiger partial charge on any atom is -0.420 e. The van der Waals surface area contributed by atoms with E-state index in [-0.39, 0.29) is 0 Å². The first kappa shape index (κ1) is 21.0. The van der Waals surface area contributed by atoms with Gasteiger partial charge in [0.25, 0.3) is 0 Å². The molecule has 7 heteroatoms. The Morgan fingerprint density at radius 2 is 1.78 bits per heavy atom. The zero-order valence-electron chi connectivity index (χ0n) is 14.7. The average molecular weight is 350 g/mol. The summed E-state index contributed by atoms with van der Waals surface area (Å²) in [5, 5.41) is 29.0. The van der Waals surface area contributed by atoms with Crippen molar-refractivity contribution in [2.24, 2.45) is 0 Å². The lowest BCUT2D eigenvalue weighted by Gasteiger charge is -2.27. The molecule has 0 saturated carbocycles. The molecule has 4 atom stereocenters. The first-order valence-corrected chi connectivity index (χ1v) is 11.0. The van der Waals surface area contributed by atoms with E-state index in [1.54, 1.807) is 13.8 Å². The van der Waals surface area contributed by atoms with E-state index in [2.05, 4.69) is 0 Å². The molecule has 0 aromatic heterocycles. The molecule has 4 unspecified atom stereocenters. The molecule has 1 aliphatic heterocycles. The van der Waals surface area contributed by atoms with Gasteiger partial charge in [0, 0.05) is 32.8 Å². The lowest BCUT2D eigenvalue weighted by molar-refractivity contribution is 0.000155. The van der Waals surface area contributed by atoms with Gasteiger partial charge < -0.3 is 24.5 Å². The predicted octanol–water partition coefficient (Wildman–Crippen LogP) is 0.352. The molecule has 6 nitrogen and oxygen atoms in total. The largest absolute Gasteiger partial charge is 0.420 e. The third-order valence-electron chi connectivity index (χ3n) is 3.91. The van der Waals surface area contributed by atoms with E-state index in [4.69, 9.17) is 9.16 Å². The molecule has 0 aliphatic carbocycles. The van der Waals surface area contributed by atoms with Gasteiger partial charge in [0.1, 0.15) is 0 Å². The van der Waals surface area contributed by atoms with Crippen molar-refractivity contribution in [2.45, 2.75) is 63.5 Å². The van der Waals surface area contributed by atoms with E-state index >= 15 is 0 Å². The van der Waals surface area contributed by atoms with Gasteiger partial charge in [0.05, 0.1) is 24.9 Å². The second-order valence-electron chi connectivity index (χ2n) is 6.78. The summed E-state index contributed by atoms with van der Waals surface area (Å²) in [7, 11) is -0.956. The van der Waals surface area contributed by atoms with E-state index in [9.17, 15) is 15.3 Å². The van der Waals surface area contributed by atoms with Crippen molar-refractivity contribution in [3.8, 4) is 0 Å². The highest BCUT2D eigenvalue weighted by atomic mass is 28.3.